The Labute approximate surface area is 260 Å². The van der Waals surface area contributed by atoms with Crippen molar-refractivity contribution in [3.05, 3.63) is 99.9 Å². The molecule has 7 rings (SSSR count). The molecule has 2 fully saturated rings. The van der Waals surface area contributed by atoms with Crippen LogP contribution in [-0.4, -0.2) is 40.5 Å². The van der Waals surface area contributed by atoms with Crippen LogP contribution < -0.4 is 5.32 Å². The number of rotatable bonds is 6. The molecule has 4 atom stereocenters. The second-order valence-corrected chi connectivity index (χ2v) is 13.1. The van der Waals surface area contributed by atoms with Gasteiger partial charge in [0.2, 0.25) is 0 Å². The fourth-order valence-electron chi connectivity index (χ4n) is 7.48. The van der Waals surface area contributed by atoms with Crippen LogP contribution in [0.3, 0.4) is 0 Å². The summed E-state index contributed by atoms with van der Waals surface area (Å²) in [6, 6.07) is 21.4. The molecular weight excluding hydrogens is 604 g/mol. The van der Waals surface area contributed by atoms with Crippen molar-refractivity contribution in [2.24, 2.45) is 5.92 Å². The van der Waals surface area contributed by atoms with Crippen LogP contribution >= 0.6 is 15.9 Å². The number of nitrogens with one attached hydrogen (secondary N) is 2. The summed E-state index contributed by atoms with van der Waals surface area (Å²) in [6.45, 7) is 3.02. The van der Waals surface area contributed by atoms with Crippen molar-refractivity contribution in [1.29, 1.82) is 0 Å². The Morgan fingerprint density at radius 3 is 2.56 bits per heavy atom. The van der Waals surface area contributed by atoms with Gasteiger partial charge >= 0.3 is 6.09 Å². The molecule has 7 nitrogen and oxygen atoms in total. The standard InChI is InChI=1S/C35H35BrN4O3/c1-35-17-16-24(35)19-26-25(14-15-27(36)30(26)35)21-10-12-22(13-11-21)28-20-37-32(38-28)29-9-6-18-40(29)33(41)31(39-34(42)43-2)23-7-4-3-5-8-23/h3-5,7-8,10-15,20,24,29,31H,6,9,16-19H2,1-2H3,(H,37,38)(H,39,42)/t24?,29-,31-,35?/m0/s1. The van der Waals surface area contributed by atoms with Crippen LogP contribution in [0.25, 0.3) is 22.4 Å². The number of methoxy groups -OCH3 is 1. The molecule has 2 amide bonds. The van der Waals surface area contributed by atoms with Crippen LogP contribution in [0.2, 0.25) is 0 Å². The van der Waals surface area contributed by atoms with E-state index in [0.29, 0.717) is 17.5 Å². The number of carbonyl (C=O) groups excluding carboxylic acids is 2. The Balaban J connectivity index is 1.12. The first-order chi connectivity index (χ1) is 20.9. The summed E-state index contributed by atoms with van der Waals surface area (Å²) in [7, 11) is 1.30. The van der Waals surface area contributed by atoms with Gasteiger partial charge in [0.15, 0.2) is 0 Å². The average Bonchev–Trinajstić information content (AvgIpc) is 3.76. The summed E-state index contributed by atoms with van der Waals surface area (Å²) in [5.41, 5.74) is 8.56. The lowest BCUT2D eigenvalue weighted by Gasteiger charge is -2.43. The van der Waals surface area contributed by atoms with E-state index < -0.39 is 12.1 Å². The fraction of sp³-hybridized carbons (Fsp3) is 0.343. The van der Waals surface area contributed by atoms with Crippen LogP contribution in [0.15, 0.2) is 77.4 Å². The summed E-state index contributed by atoms with van der Waals surface area (Å²) in [5.74, 6) is 1.33. The average molecular weight is 640 g/mol. The molecule has 2 unspecified atom stereocenters. The highest BCUT2D eigenvalue weighted by molar-refractivity contribution is 9.10. The molecule has 2 aliphatic carbocycles. The van der Waals surface area contributed by atoms with Gasteiger partial charge in [-0.05, 0) is 82.9 Å². The number of fused-ring (bicyclic) bond motifs is 3. The molecule has 2 heterocycles. The number of nitrogens with zero attached hydrogens (tertiary/aromatic N) is 2. The maximum Gasteiger partial charge on any atom is 0.407 e. The summed E-state index contributed by atoms with van der Waals surface area (Å²) in [5, 5.41) is 2.72. The maximum absolute atomic E-state index is 13.8. The van der Waals surface area contributed by atoms with E-state index >= 15 is 0 Å². The zero-order valence-electron chi connectivity index (χ0n) is 24.4. The number of aromatic nitrogens is 2. The predicted molar refractivity (Wildman–Crippen MR) is 169 cm³/mol. The highest BCUT2D eigenvalue weighted by atomic mass is 79.9. The van der Waals surface area contributed by atoms with Crippen LogP contribution in [-0.2, 0) is 21.4 Å². The van der Waals surface area contributed by atoms with Gasteiger partial charge in [-0.25, -0.2) is 9.78 Å². The minimum atomic E-state index is -0.839. The molecule has 0 radical (unpaired) electrons. The number of halogens is 1. The molecular formula is C35H35BrN4O3. The number of H-pyrrole nitrogens is 1. The first-order valence-corrected chi connectivity index (χ1v) is 15.8. The molecule has 3 aliphatic rings. The molecule has 4 aromatic rings. The summed E-state index contributed by atoms with van der Waals surface area (Å²) in [4.78, 5) is 36.0. The lowest BCUT2D eigenvalue weighted by atomic mass is 9.61. The van der Waals surface area contributed by atoms with Crippen LogP contribution in [0, 0.1) is 5.92 Å². The largest absolute Gasteiger partial charge is 0.453 e. The zero-order valence-corrected chi connectivity index (χ0v) is 26.0. The van der Waals surface area contributed by atoms with Gasteiger partial charge in [-0.2, -0.15) is 0 Å². The molecule has 0 bridgehead atoms. The minimum Gasteiger partial charge on any atom is -0.453 e. The Bertz CT molecular complexity index is 1690. The van der Waals surface area contributed by atoms with Crippen molar-refractivity contribution in [1.82, 2.24) is 20.2 Å². The Morgan fingerprint density at radius 2 is 1.84 bits per heavy atom. The summed E-state index contributed by atoms with van der Waals surface area (Å²) < 4.78 is 6.06. The molecule has 8 heteroatoms. The van der Waals surface area contributed by atoms with E-state index in [9.17, 15) is 9.59 Å². The number of hydrogen-bond donors (Lipinski definition) is 2. The number of ether oxygens (including phenoxy) is 1. The third-order valence-electron chi connectivity index (χ3n) is 9.98. The van der Waals surface area contributed by atoms with E-state index in [2.05, 4.69) is 69.6 Å². The Hall–Kier alpha value is -3.91. The van der Waals surface area contributed by atoms with Gasteiger partial charge in [0.05, 0.1) is 25.0 Å². The third kappa shape index (κ3) is 4.76. The number of carbonyl (C=O) groups is 2. The van der Waals surface area contributed by atoms with Gasteiger partial charge in [0.25, 0.3) is 5.91 Å². The normalized spacial score (nSPS) is 22.8. The molecule has 1 aromatic heterocycles. The number of amides is 2. The molecule has 1 aliphatic heterocycles. The summed E-state index contributed by atoms with van der Waals surface area (Å²) >= 11 is 3.85. The van der Waals surface area contributed by atoms with Gasteiger partial charge in [0, 0.05) is 11.0 Å². The molecule has 43 heavy (non-hydrogen) atoms. The first kappa shape index (κ1) is 27.9. The van der Waals surface area contributed by atoms with Crippen molar-refractivity contribution in [2.45, 2.75) is 56.5 Å². The van der Waals surface area contributed by atoms with E-state index in [4.69, 9.17) is 9.72 Å². The van der Waals surface area contributed by atoms with Gasteiger partial charge in [0.1, 0.15) is 11.9 Å². The summed E-state index contributed by atoms with van der Waals surface area (Å²) in [6.07, 6.45) is 6.61. The number of alkyl carbamates (subject to hydrolysis) is 1. The lowest BCUT2D eigenvalue weighted by Crippen LogP contribution is -2.42. The smallest absolute Gasteiger partial charge is 0.407 e. The molecule has 1 saturated carbocycles. The van der Waals surface area contributed by atoms with Crippen LogP contribution in [0.1, 0.15) is 67.2 Å². The molecule has 220 valence electrons. The van der Waals surface area contributed by atoms with Gasteiger partial charge in [-0.3, -0.25) is 4.79 Å². The van der Waals surface area contributed by atoms with Crippen LogP contribution in [0.5, 0.6) is 0 Å². The molecule has 0 spiro atoms. The lowest BCUT2D eigenvalue weighted by molar-refractivity contribution is -0.134. The number of likely N-dealkylation sites (tertiary alicyclic amines) is 1. The predicted octanol–water partition coefficient (Wildman–Crippen LogP) is 7.49. The van der Waals surface area contributed by atoms with E-state index in [0.717, 1.165) is 42.3 Å². The third-order valence-corrected chi connectivity index (χ3v) is 10.6. The van der Waals surface area contributed by atoms with E-state index in [1.54, 1.807) is 0 Å². The number of hydrogen-bond acceptors (Lipinski definition) is 4. The second-order valence-electron chi connectivity index (χ2n) is 12.2. The Kier molecular flexibility index (Phi) is 7.12. The quantitative estimate of drug-likeness (QED) is 0.229. The molecule has 2 N–H and O–H groups in total. The van der Waals surface area contributed by atoms with Crippen LogP contribution in [0.4, 0.5) is 4.79 Å². The highest BCUT2D eigenvalue weighted by Gasteiger charge is 2.51. The van der Waals surface area contributed by atoms with E-state index in [-0.39, 0.29) is 11.9 Å². The molecule has 3 aromatic carbocycles. The van der Waals surface area contributed by atoms with E-state index in [1.165, 1.54) is 46.7 Å². The van der Waals surface area contributed by atoms with Crippen molar-refractivity contribution in [3.63, 3.8) is 0 Å². The first-order valence-electron chi connectivity index (χ1n) is 15.0. The zero-order chi connectivity index (χ0) is 29.7. The Morgan fingerprint density at radius 1 is 1.07 bits per heavy atom. The number of imidazole rings is 1. The van der Waals surface area contributed by atoms with Crippen molar-refractivity contribution in [2.75, 3.05) is 13.7 Å². The monoisotopic (exact) mass is 638 g/mol. The molecule has 1 saturated heterocycles. The SMILES string of the molecule is COC(=O)N[C@H](C(=O)N1CCC[C@H]1c1ncc(-c2ccc(-c3ccc(Br)c4c3CC3CCC43C)cc2)[nH]1)c1ccccc1. The maximum atomic E-state index is 13.8. The number of benzene rings is 3. The van der Waals surface area contributed by atoms with Crippen molar-refractivity contribution in [3.8, 4) is 22.4 Å². The fourth-order valence-corrected chi connectivity index (χ4v) is 8.30. The van der Waals surface area contributed by atoms with Crippen molar-refractivity contribution >= 4 is 27.9 Å². The second kappa shape index (κ2) is 11.0. The van der Waals surface area contributed by atoms with Gasteiger partial charge in [-0.1, -0.05) is 83.5 Å². The van der Waals surface area contributed by atoms with Gasteiger partial charge < -0.3 is 19.9 Å². The topological polar surface area (TPSA) is 87.3 Å². The highest BCUT2D eigenvalue weighted by Crippen LogP contribution is 2.59. The number of aromatic amines is 1. The van der Waals surface area contributed by atoms with Crippen molar-refractivity contribution < 1.29 is 14.3 Å². The minimum absolute atomic E-state index is 0.175. The van der Waals surface area contributed by atoms with E-state index in [1.807, 2.05) is 41.4 Å². The van der Waals surface area contributed by atoms with Gasteiger partial charge in [-0.15, -0.1) is 0 Å².